The second-order valence-corrected chi connectivity index (χ2v) is 2.17. The molecule has 0 fully saturated rings. The van der Waals surface area contributed by atoms with Gasteiger partial charge in [0, 0.05) is 6.20 Å². The summed E-state index contributed by atoms with van der Waals surface area (Å²) < 4.78 is 28.7. The summed E-state index contributed by atoms with van der Waals surface area (Å²) in [4.78, 5) is 10.1. The fourth-order valence-electron chi connectivity index (χ4n) is 0.708. The van der Waals surface area contributed by atoms with Crippen molar-refractivity contribution in [1.82, 2.24) is 9.78 Å². The molecule has 0 unspecified atom stereocenters. The Morgan fingerprint density at radius 3 is 2.92 bits per heavy atom. The van der Waals surface area contributed by atoms with E-state index in [1.165, 1.54) is 6.07 Å². The summed E-state index contributed by atoms with van der Waals surface area (Å²) in [6.45, 7) is -2.89. The summed E-state index contributed by atoms with van der Waals surface area (Å²) >= 11 is 0. The summed E-state index contributed by atoms with van der Waals surface area (Å²) in [6, 6.07) is 1.31. The maximum atomic E-state index is 11.9. The van der Waals surface area contributed by atoms with E-state index in [-0.39, 0.29) is 12.3 Å². The van der Waals surface area contributed by atoms with E-state index in [9.17, 15) is 13.6 Å². The quantitative estimate of drug-likeness (QED) is 0.770. The van der Waals surface area contributed by atoms with Gasteiger partial charge in [-0.05, 0) is 6.07 Å². The molecule has 0 aliphatic carbocycles. The van der Waals surface area contributed by atoms with Crippen LogP contribution >= 0.6 is 0 Å². The molecule has 72 valence electrons. The fraction of sp³-hybridized carbons (Fsp3) is 0.333. The zero-order valence-corrected chi connectivity index (χ0v) is 6.48. The van der Waals surface area contributed by atoms with Crippen molar-refractivity contribution in [1.29, 1.82) is 0 Å². The number of carbonyl (C=O) groups is 1. The summed E-state index contributed by atoms with van der Waals surface area (Å²) in [5.41, 5.74) is 4.88. The first kappa shape index (κ1) is 9.43. The number of nitrogens with zero attached hydrogens (tertiary/aromatic N) is 2. The number of alkyl halides is 2. The maximum Gasteiger partial charge on any atom is 0.404 e. The largest absolute Gasteiger partial charge is 0.443 e. The van der Waals surface area contributed by atoms with E-state index in [0.717, 1.165) is 6.20 Å². The van der Waals surface area contributed by atoms with Crippen LogP contribution in [-0.2, 0) is 11.3 Å². The normalized spacial score (nSPS) is 10.4. The highest BCUT2D eigenvalue weighted by Crippen LogP contribution is 2.08. The molecule has 13 heavy (non-hydrogen) atoms. The van der Waals surface area contributed by atoms with E-state index < -0.39 is 12.6 Å². The van der Waals surface area contributed by atoms with Crippen molar-refractivity contribution in [3.8, 4) is 0 Å². The minimum atomic E-state index is -2.69. The van der Waals surface area contributed by atoms with Gasteiger partial charge in [0.2, 0.25) is 0 Å². The number of halogens is 2. The van der Waals surface area contributed by atoms with Crippen LogP contribution in [0.3, 0.4) is 0 Å². The number of carbonyl (C=O) groups excluding carboxylic acids is 1. The van der Waals surface area contributed by atoms with Gasteiger partial charge in [0.15, 0.2) is 0 Å². The highest BCUT2D eigenvalue weighted by atomic mass is 19.3. The number of primary amides is 1. The van der Waals surface area contributed by atoms with Gasteiger partial charge in [-0.25, -0.2) is 9.48 Å². The van der Waals surface area contributed by atoms with Gasteiger partial charge in [0.05, 0.1) is 0 Å². The smallest absolute Gasteiger partial charge is 0.404 e. The predicted octanol–water partition coefficient (Wildman–Crippen LogP) is 0.874. The number of hydrogen-bond acceptors (Lipinski definition) is 3. The first-order valence-corrected chi connectivity index (χ1v) is 3.34. The Kier molecular flexibility index (Phi) is 2.78. The van der Waals surface area contributed by atoms with E-state index in [1.807, 2.05) is 0 Å². The molecule has 1 heterocycles. The highest BCUT2D eigenvalue weighted by Gasteiger charge is 2.07. The predicted molar refractivity (Wildman–Crippen MR) is 37.9 cm³/mol. The van der Waals surface area contributed by atoms with Crippen LogP contribution in [0.1, 0.15) is 12.2 Å². The molecule has 0 aromatic carbocycles. The Balaban J connectivity index is 2.54. The third kappa shape index (κ3) is 2.69. The van der Waals surface area contributed by atoms with Crippen molar-refractivity contribution in [2.45, 2.75) is 13.2 Å². The van der Waals surface area contributed by atoms with Gasteiger partial charge in [-0.3, -0.25) is 0 Å². The number of hydrogen-bond donors (Lipinski definition) is 1. The van der Waals surface area contributed by atoms with Crippen molar-refractivity contribution in [3.05, 3.63) is 18.0 Å². The minimum Gasteiger partial charge on any atom is -0.443 e. The molecule has 1 aromatic rings. The molecule has 7 heteroatoms. The molecular weight excluding hydrogens is 184 g/mol. The number of rotatable bonds is 3. The van der Waals surface area contributed by atoms with E-state index in [4.69, 9.17) is 0 Å². The van der Waals surface area contributed by atoms with Gasteiger partial charge in [-0.15, -0.1) is 0 Å². The third-order valence-electron chi connectivity index (χ3n) is 1.23. The molecule has 0 saturated carbocycles. The summed E-state index contributed by atoms with van der Waals surface area (Å²) in [5, 5.41) is 3.42. The van der Waals surface area contributed by atoms with Gasteiger partial charge >= 0.3 is 12.6 Å². The van der Waals surface area contributed by atoms with Crippen LogP contribution in [0.2, 0.25) is 0 Å². The zero-order chi connectivity index (χ0) is 9.84. The number of amides is 1. The molecule has 1 rings (SSSR count). The van der Waals surface area contributed by atoms with Crippen LogP contribution in [0, 0.1) is 0 Å². The van der Waals surface area contributed by atoms with Gasteiger partial charge in [-0.1, -0.05) is 0 Å². The molecule has 0 aliphatic heterocycles. The minimum absolute atomic E-state index is 0.199. The van der Waals surface area contributed by atoms with E-state index >= 15 is 0 Å². The lowest BCUT2D eigenvalue weighted by Gasteiger charge is -1.98. The molecule has 2 N–H and O–H groups in total. The fourth-order valence-corrected chi connectivity index (χ4v) is 0.708. The average molecular weight is 191 g/mol. The van der Waals surface area contributed by atoms with Crippen molar-refractivity contribution in [2.24, 2.45) is 5.73 Å². The van der Waals surface area contributed by atoms with E-state index in [0.29, 0.717) is 4.68 Å². The topological polar surface area (TPSA) is 70.1 Å². The SMILES string of the molecule is NC(=O)OCc1ccn(C(F)F)n1. The second kappa shape index (κ2) is 3.83. The van der Waals surface area contributed by atoms with Crippen molar-refractivity contribution in [2.75, 3.05) is 0 Å². The van der Waals surface area contributed by atoms with Crippen LogP contribution in [0.5, 0.6) is 0 Å². The lowest BCUT2D eigenvalue weighted by Crippen LogP contribution is -2.13. The Morgan fingerprint density at radius 2 is 2.46 bits per heavy atom. The first-order chi connectivity index (χ1) is 6.09. The maximum absolute atomic E-state index is 11.9. The summed E-state index contributed by atoms with van der Waals surface area (Å²) in [7, 11) is 0. The number of ether oxygens (including phenoxy) is 1. The Morgan fingerprint density at radius 1 is 1.77 bits per heavy atom. The zero-order valence-electron chi connectivity index (χ0n) is 6.48. The standard InChI is InChI=1S/C6H7F2N3O2/c7-5(8)11-2-1-4(10-11)3-13-6(9)12/h1-2,5H,3H2,(H2,9,12). The Bertz CT molecular complexity index is 300. The summed E-state index contributed by atoms with van der Waals surface area (Å²) in [5.74, 6) is 0. The van der Waals surface area contributed by atoms with Gasteiger partial charge in [0.25, 0.3) is 0 Å². The molecule has 0 saturated heterocycles. The molecule has 5 nitrogen and oxygen atoms in total. The molecule has 0 atom stereocenters. The van der Waals surface area contributed by atoms with E-state index in [2.05, 4.69) is 15.6 Å². The molecule has 1 aromatic heterocycles. The van der Waals surface area contributed by atoms with Crippen LogP contribution < -0.4 is 5.73 Å². The first-order valence-electron chi connectivity index (χ1n) is 3.34. The average Bonchev–Trinajstić information content (AvgIpc) is 2.48. The van der Waals surface area contributed by atoms with E-state index in [1.54, 1.807) is 0 Å². The number of nitrogens with two attached hydrogens (primary N) is 1. The van der Waals surface area contributed by atoms with Crippen molar-refractivity contribution >= 4 is 6.09 Å². The lowest BCUT2D eigenvalue weighted by atomic mass is 10.5. The van der Waals surface area contributed by atoms with Crippen LogP contribution in [0.25, 0.3) is 0 Å². The van der Waals surface area contributed by atoms with Crippen LogP contribution in [-0.4, -0.2) is 15.9 Å². The molecular formula is C6H7F2N3O2. The molecule has 0 radical (unpaired) electrons. The summed E-state index contributed by atoms with van der Waals surface area (Å²) in [6.07, 6.45) is 0.122. The Labute approximate surface area is 72.1 Å². The molecule has 0 aliphatic rings. The molecule has 0 bridgehead atoms. The molecule has 1 amide bonds. The second-order valence-electron chi connectivity index (χ2n) is 2.17. The van der Waals surface area contributed by atoms with Gasteiger partial charge in [0.1, 0.15) is 12.3 Å². The Hall–Kier alpha value is -1.66. The number of aromatic nitrogens is 2. The monoisotopic (exact) mass is 191 g/mol. The lowest BCUT2D eigenvalue weighted by molar-refractivity contribution is 0.0554. The van der Waals surface area contributed by atoms with Gasteiger partial charge in [-0.2, -0.15) is 13.9 Å². The van der Waals surface area contributed by atoms with Crippen LogP contribution in [0.15, 0.2) is 12.3 Å². The third-order valence-corrected chi connectivity index (χ3v) is 1.23. The highest BCUT2D eigenvalue weighted by molar-refractivity contribution is 5.64. The van der Waals surface area contributed by atoms with Crippen molar-refractivity contribution < 1.29 is 18.3 Å². The molecule has 0 spiro atoms. The van der Waals surface area contributed by atoms with Crippen LogP contribution in [0.4, 0.5) is 13.6 Å². The van der Waals surface area contributed by atoms with Crippen molar-refractivity contribution in [3.63, 3.8) is 0 Å². The van der Waals surface area contributed by atoms with Gasteiger partial charge < -0.3 is 10.5 Å².